The molecule has 4 heteroatoms. The summed E-state index contributed by atoms with van der Waals surface area (Å²) < 4.78 is 5.51. The van der Waals surface area contributed by atoms with Gasteiger partial charge in [-0.2, -0.15) is 0 Å². The fraction of sp³-hybridized carbons (Fsp3) is 0.533. The van der Waals surface area contributed by atoms with Crippen molar-refractivity contribution in [1.29, 1.82) is 0 Å². The summed E-state index contributed by atoms with van der Waals surface area (Å²) in [4.78, 5) is 11.7. The highest BCUT2D eigenvalue weighted by molar-refractivity contribution is 5.76. The molecule has 1 aromatic rings. The summed E-state index contributed by atoms with van der Waals surface area (Å²) in [6.45, 7) is 1.01. The second-order valence-corrected chi connectivity index (χ2v) is 5.13. The van der Waals surface area contributed by atoms with E-state index in [0.717, 1.165) is 5.75 Å². The number of amides is 1. The van der Waals surface area contributed by atoms with Gasteiger partial charge in [0.25, 0.3) is 0 Å². The van der Waals surface area contributed by atoms with Crippen molar-refractivity contribution in [3.8, 4) is 5.75 Å². The summed E-state index contributed by atoms with van der Waals surface area (Å²) in [7, 11) is 0. The van der Waals surface area contributed by atoms with Gasteiger partial charge in [0.1, 0.15) is 12.4 Å². The molecule has 1 fully saturated rings. The molecule has 0 radical (unpaired) electrons. The van der Waals surface area contributed by atoms with Crippen LogP contribution < -0.4 is 15.8 Å². The van der Waals surface area contributed by atoms with Crippen molar-refractivity contribution < 1.29 is 9.53 Å². The zero-order chi connectivity index (χ0) is 13.5. The molecule has 1 amide bonds. The summed E-state index contributed by atoms with van der Waals surface area (Å²) in [6.07, 6.45) is 5.62. The average Bonchev–Trinajstić information content (AvgIpc) is 2.87. The van der Waals surface area contributed by atoms with Crippen LogP contribution in [0.2, 0.25) is 0 Å². The van der Waals surface area contributed by atoms with Gasteiger partial charge in [0.05, 0.1) is 6.54 Å². The van der Waals surface area contributed by atoms with Gasteiger partial charge in [-0.25, -0.2) is 0 Å². The van der Waals surface area contributed by atoms with Crippen LogP contribution in [0.1, 0.15) is 32.1 Å². The molecular formula is C15H22N2O2. The van der Waals surface area contributed by atoms with Crippen LogP contribution in [-0.4, -0.2) is 19.1 Å². The maximum Gasteiger partial charge on any atom is 0.220 e. The van der Waals surface area contributed by atoms with Crippen LogP contribution in [-0.2, 0) is 4.79 Å². The van der Waals surface area contributed by atoms with Crippen molar-refractivity contribution >= 4 is 11.6 Å². The third-order valence-electron chi connectivity index (χ3n) is 3.50. The van der Waals surface area contributed by atoms with Gasteiger partial charge < -0.3 is 15.8 Å². The summed E-state index contributed by atoms with van der Waals surface area (Å²) in [5.74, 6) is 1.47. The van der Waals surface area contributed by atoms with Gasteiger partial charge in [-0.05, 0) is 30.9 Å². The van der Waals surface area contributed by atoms with Crippen molar-refractivity contribution in [2.75, 3.05) is 18.9 Å². The first-order chi connectivity index (χ1) is 9.24. The Balaban J connectivity index is 1.59. The molecule has 0 bridgehead atoms. The molecule has 1 aliphatic rings. The normalized spacial score (nSPS) is 15.4. The highest BCUT2D eigenvalue weighted by Crippen LogP contribution is 2.27. The molecule has 1 aromatic carbocycles. The number of hydrogen-bond acceptors (Lipinski definition) is 3. The Morgan fingerprint density at radius 1 is 1.37 bits per heavy atom. The van der Waals surface area contributed by atoms with E-state index in [0.29, 0.717) is 31.2 Å². The summed E-state index contributed by atoms with van der Waals surface area (Å²) >= 11 is 0. The predicted molar refractivity (Wildman–Crippen MR) is 75.9 cm³/mol. The predicted octanol–water partition coefficient (Wildman–Crippen LogP) is 2.34. The summed E-state index contributed by atoms with van der Waals surface area (Å²) in [6, 6.07) is 7.30. The third kappa shape index (κ3) is 4.81. The lowest BCUT2D eigenvalue weighted by molar-refractivity contribution is -0.122. The van der Waals surface area contributed by atoms with Crippen molar-refractivity contribution in [2.24, 2.45) is 5.92 Å². The van der Waals surface area contributed by atoms with E-state index in [1.54, 1.807) is 6.07 Å². The van der Waals surface area contributed by atoms with E-state index in [9.17, 15) is 4.79 Å². The first-order valence-electron chi connectivity index (χ1n) is 6.99. The molecule has 0 aliphatic heterocycles. The van der Waals surface area contributed by atoms with Gasteiger partial charge in [-0.15, -0.1) is 0 Å². The molecule has 1 aliphatic carbocycles. The number of hydrogen-bond donors (Lipinski definition) is 2. The number of anilines is 1. The Hall–Kier alpha value is -1.71. The summed E-state index contributed by atoms with van der Waals surface area (Å²) in [5, 5.41) is 2.90. The molecule has 0 heterocycles. The molecular weight excluding hydrogens is 240 g/mol. The molecule has 104 valence electrons. The first kappa shape index (κ1) is 13.7. The fourth-order valence-corrected chi connectivity index (χ4v) is 2.51. The Kier molecular flexibility index (Phi) is 5.07. The van der Waals surface area contributed by atoms with Crippen LogP contribution in [0.15, 0.2) is 24.3 Å². The standard InChI is InChI=1S/C15H22N2O2/c16-13-6-3-7-14(11-13)19-9-8-17-15(18)10-12-4-1-2-5-12/h3,6-7,11-12H,1-2,4-5,8-10,16H2,(H,17,18). The van der Waals surface area contributed by atoms with Gasteiger partial charge in [-0.3, -0.25) is 4.79 Å². The highest BCUT2D eigenvalue weighted by Gasteiger charge is 2.17. The molecule has 0 atom stereocenters. The summed E-state index contributed by atoms with van der Waals surface area (Å²) in [5.41, 5.74) is 6.34. The van der Waals surface area contributed by atoms with Crippen LogP contribution in [0, 0.1) is 5.92 Å². The number of nitrogens with one attached hydrogen (secondary N) is 1. The Morgan fingerprint density at radius 3 is 2.89 bits per heavy atom. The van der Waals surface area contributed by atoms with Crippen LogP contribution in [0.5, 0.6) is 5.75 Å². The van der Waals surface area contributed by atoms with Crippen molar-refractivity contribution in [3.05, 3.63) is 24.3 Å². The molecule has 0 saturated heterocycles. The minimum atomic E-state index is 0.142. The molecule has 0 unspecified atom stereocenters. The van der Waals surface area contributed by atoms with Gasteiger partial charge in [0.2, 0.25) is 5.91 Å². The zero-order valence-electron chi connectivity index (χ0n) is 11.2. The Bertz CT molecular complexity index is 414. The minimum absolute atomic E-state index is 0.142. The topological polar surface area (TPSA) is 64.3 Å². The average molecular weight is 262 g/mol. The van der Waals surface area contributed by atoms with Crippen molar-refractivity contribution in [3.63, 3.8) is 0 Å². The number of nitrogen functional groups attached to an aromatic ring is 1. The quantitative estimate of drug-likeness (QED) is 0.611. The molecule has 2 rings (SSSR count). The van der Waals surface area contributed by atoms with E-state index in [2.05, 4.69) is 5.32 Å². The Labute approximate surface area is 114 Å². The molecule has 4 nitrogen and oxygen atoms in total. The maximum atomic E-state index is 11.7. The monoisotopic (exact) mass is 262 g/mol. The van der Waals surface area contributed by atoms with E-state index in [4.69, 9.17) is 10.5 Å². The number of rotatable bonds is 6. The van der Waals surface area contributed by atoms with Crippen LogP contribution in [0.25, 0.3) is 0 Å². The van der Waals surface area contributed by atoms with E-state index in [1.165, 1.54) is 25.7 Å². The second kappa shape index (κ2) is 7.02. The number of nitrogens with two attached hydrogens (primary N) is 1. The highest BCUT2D eigenvalue weighted by atomic mass is 16.5. The van der Waals surface area contributed by atoms with Gasteiger partial charge in [0, 0.05) is 18.2 Å². The molecule has 0 aromatic heterocycles. The van der Waals surface area contributed by atoms with Crippen molar-refractivity contribution in [2.45, 2.75) is 32.1 Å². The zero-order valence-corrected chi connectivity index (χ0v) is 11.2. The minimum Gasteiger partial charge on any atom is -0.492 e. The fourth-order valence-electron chi connectivity index (χ4n) is 2.51. The lowest BCUT2D eigenvalue weighted by Gasteiger charge is -2.10. The van der Waals surface area contributed by atoms with Crippen LogP contribution in [0.4, 0.5) is 5.69 Å². The van der Waals surface area contributed by atoms with Gasteiger partial charge in [-0.1, -0.05) is 18.9 Å². The molecule has 1 saturated carbocycles. The van der Waals surface area contributed by atoms with E-state index >= 15 is 0 Å². The first-order valence-corrected chi connectivity index (χ1v) is 6.99. The second-order valence-electron chi connectivity index (χ2n) is 5.13. The van der Waals surface area contributed by atoms with E-state index < -0.39 is 0 Å². The molecule has 0 spiro atoms. The van der Waals surface area contributed by atoms with Crippen molar-refractivity contribution in [1.82, 2.24) is 5.32 Å². The number of carbonyl (C=O) groups is 1. The van der Waals surface area contributed by atoms with Crippen LogP contribution in [0.3, 0.4) is 0 Å². The van der Waals surface area contributed by atoms with E-state index in [-0.39, 0.29) is 5.91 Å². The Morgan fingerprint density at radius 2 is 2.16 bits per heavy atom. The number of carbonyl (C=O) groups excluding carboxylic acids is 1. The molecule has 3 N–H and O–H groups in total. The number of ether oxygens (including phenoxy) is 1. The van der Waals surface area contributed by atoms with Gasteiger partial charge in [0.15, 0.2) is 0 Å². The SMILES string of the molecule is Nc1cccc(OCCNC(=O)CC2CCCC2)c1. The van der Waals surface area contributed by atoms with Crippen LogP contribution >= 0.6 is 0 Å². The third-order valence-corrected chi connectivity index (χ3v) is 3.50. The number of benzene rings is 1. The lowest BCUT2D eigenvalue weighted by Crippen LogP contribution is -2.29. The maximum absolute atomic E-state index is 11.7. The molecule has 19 heavy (non-hydrogen) atoms. The largest absolute Gasteiger partial charge is 0.492 e. The van der Waals surface area contributed by atoms with E-state index in [1.807, 2.05) is 18.2 Å². The lowest BCUT2D eigenvalue weighted by atomic mass is 10.0. The smallest absolute Gasteiger partial charge is 0.220 e. The van der Waals surface area contributed by atoms with Gasteiger partial charge >= 0.3 is 0 Å².